The van der Waals surface area contributed by atoms with Crippen molar-refractivity contribution in [3.8, 4) is 0 Å². The van der Waals surface area contributed by atoms with Crippen LogP contribution in [0.4, 0.5) is 0 Å². The van der Waals surface area contributed by atoms with Crippen LogP contribution in [0.1, 0.15) is 49.5 Å². The Morgan fingerprint density at radius 1 is 0.824 bits per heavy atom. The number of amides is 1. The number of nitrogens with one attached hydrogen (secondary N) is 3. The van der Waals surface area contributed by atoms with Gasteiger partial charge in [-0.15, -0.1) is 0 Å². The Morgan fingerprint density at radius 3 is 1.85 bits per heavy atom. The van der Waals surface area contributed by atoms with Gasteiger partial charge in [0.15, 0.2) is 5.11 Å². The van der Waals surface area contributed by atoms with Gasteiger partial charge in [0.2, 0.25) is 5.91 Å². The van der Waals surface area contributed by atoms with E-state index in [4.69, 9.17) is 18.0 Å². The third-order valence-corrected chi connectivity index (χ3v) is 5.94. The molecule has 5 N–H and O–H groups in total. The van der Waals surface area contributed by atoms with E-state index in [1.807, 2.05) is 112 Å². The molecular formula is C28H34N4OS. The van der Waals surface area contributed by atoms with Crippen molar-refractivity contribution in [2.24, 2.45) is 11.1 Å². The molecule has 0 spiro atoms. The molecule has 3 aromatic carbocycles. The predicted octanol–water partition coefficient (Wildman–Crippen LogP) is 4.62. The highest BCUT2D eigenvalue weighted by atomic mass is 32.1. The van der Waals surface area contributed by atoms with E-state index >= 15 is 0 Å². The second-order valence-corrected chi connectivity index (χ2v) is 9.85. The SMILES string of the molecule is CC(C)(C)[C@H](NC(=S)N[C@H](c1ccccc1)[C@H](N)c1ccccc1)C(=O)NCc1ccccc1. The lowest BCUT2D eigenvalue weighted by Gasteiger charge is -2.33. The van der Waals surface area contributed by atoms with Crippen molar-refractivity contribution in [1.82, 2.24) is 16.0 Å². The fourth-order valence-corrected chi connectivity index (χ4v) is 4.03. The standard InChI is InChI=1S/C28H34N4OS/c1-28(2,3)25(26(33)30-19-20-13-7-4-8-14-20)32-27(34)31-24(22-17-11-6-12-18-22)23(29)21-15-9-5-10-16-21/h4-18,23-25H,19,29H2,1-3H3,(H,30,33)(H2,31,32,34)/t23-,24-,25-/m1/s1. The van der Waals surface area contributed by atoms with Crippen LogP contribution in [0.15, 0.2) is 91.0 Å². The molecule has 0 aliphatic rings. The Labute approximate surface area is 208 Å². The Balaban J connectivity index is 1.74. The normalized spacial score (nSPS) is 13.9. The first-order valence-corrected chi connectivity index (χ1v) is 11.9. The minimum Gasteiger partial charge on any atom is -0.354 e. The van der Waals surface area contributed by atoms with Crippen LogP contribution < -0.4 is 21.7 Å². The summed E-state index contributed by atoms with van der Waals surface area (Å²) in [4.78, 5) is 13.1. The molecule has 178 valence electrons. The molecule has 0 saturated heterocycles. The third-order valence-electron chi connectivity index (χ3n) is 5.70. The molecule has 1 amide bonds. The molecule has 0 heterocycles. The average molecular weight is 475 g/mol. The highest BCUT2D eigenvalue weighted by Gasteiger charge is 2.32. The van der Waals surface area contributed by atoms with Crippen LogP contribution in [-0.4, -0.2) is 17.1 Å². The van der Waals surface area contributed by atoms with Crippen LogP contribution in [0.25, 0.3) is 0 Å². The van der Waals surface area contributed by atoms with Gasteiger partial charge in [-0.2, -0.15) is 0 Å². The van der Waals surface area contributed by atoms with Crippen molar-refractivity contribution in [3.63, 3.8) is 0 Å². The van der Waals surface area contributed by atoms with Gasteiger partial charge in [-0.25, -0.2) is 0 Å². The summed E-state index contributed by atoms with van der Waals surface area (Å²) in [5.74, 6) is -0.107. The zero-order chi connectivity index (χ0) is 24.6. The molecule has 0 aromatic heterocycles. The van der Waals surface area contributed by atoms with Gasteiger partial charge in [0, 0.05) is 6.54 Å². The number of hydrogen-bond acceptors (Lipinski definition) is 3. The largest absolute Gasteiger partial charge is 0.354 e. The number of carbonyl (C=O) groups is 1. The molecule has 5 nitrogen and oxygen atoms in total. The summed E-state index contributed by atoms with van der Waals surface area (Å²) in [5, 5.41) is 10.0. The lowest BCUT2D eigenvalue weighted by molar-refractivity contribution is -0.125. The first-order chi connectivity index (χ1) is 16.3. The first-order valence-electron chi connectivity index (χ1n) is 11.5. The summed E-state index contributed by atoms with van der Waals surface area (Å²) in [6, 6.07) is 28.6. The summed E-state index contributed by atoms with van der Waals surface area (Å²) in [6.45, 7) is 6.50. The quantitative estimate of drug-likeness (QED) is 0.358. The molecule has 0 bridgehead atoms. The lowest BCUT2D eigenvalue weighted by Crippen LogP contribution is -2.56. The number of hydrogen-bond donors (Lipinski definition) is 4. The second-order valence-electron chi connectivity index (χ2n) is 9.45. The van der Waals surface area contributed by atoms with Crippen LogP contribution in [0.5, 0.6) is 0 Å². The average Bonchev–Trinajstić information content (AvgIpc) is 2.85. The van der Waals surface area contributed by atoms with Gasteiger partial charge in [-0.05, 0) is 34.3 Å². The molecule has 0 aliphatic heterocycles. The van der Waals surface area contributed by atoms with Crippen molar-refractivity contribution in [3.05, 3.63) is 108 Å². The maximum Gasteiger partial charge on any atom is 0.243 e. The van der Waals surface area contributed by atoms with Crippen LogP contribution in [-0.2, 0) is 11.3 Å². The van der Waals surface area contributed by atoms with Crippen LogP contribution in [0, 0.1) is 5.41 Å². The van der Waals surface area contributed by atoms with Gasteiger partial charge < -0.3 is 21.7 Å². The van der Waals surface area contributed by atoms with Crippen LogP contribution in [0.3, 0.4) is 0 Å². The van der Waals surface area contributed by atoms with E-state index in [-0.39, 0.29) is 23.4 Å². The Hall–Kier alpha value is -3.22. The lowest BCUT2D eigenvalue weighted by atomic mass is 9.86. The second kappa shape index (κ2) is 11.8. The van der Waals surface area contributed by atoms with Gasteiger partial charge in [-0.1, -0.05) is 112 Å². The summed E-state index contributed by atoms with van der Waals surface area (Å²) in [7, 11) is 0. The van der Waals surface area contributed by atoms with Crippen molar-refractivity contribution in [2.75, 3.05) is 0 Å². The third kappa shape index (κ3) is 7.14. The monoisotopic (exact) mass is 474 g/mol. The van der Waals surface area contributed by atoms with Gasteiger partial charge in [0.25, 0.3) is 0 Å². The topological polar surface area (TPSA) is 79.2 Å². The number of benzene rings is 3. The maximum absolute atomic E-state index is 13.1. The maximum atomic E-state index is 13.1. The van der Waals surface area contributed by atoms with Crippen molar-refractivity contribution >= 4 is 23.2 Å². The van der Waals surface area contributed by atoms with E-state index in [0.29, 0.717) is 11.7 Å². The Bertz CT molecular complexity index is 1050. The van der Waals surface area contributed by atoms with E-state index < -0.39 is 6.04 Å². The fourth-order valence-electron chi connectivity index (χ4n) is 3.78. The highest BCUT2D eigenvalue weighted by molar-refractivity contribution is 7.80. The molecule has 0 saturated carbocycles. The molecule has 0 radical (unpaired) electrons. The van der Waals surface area contributed by atoms with E-state index in [2.05, 4.69) is 16.0 Å². The molecule has 0 unspecified atom stereocenters. The molecular weight excluding hydrogens is 440 g/mol. The molecule has 3 atom stereocenters. The van der Waals surface area contributed by atoms with Gasteiger partial charge in [0.05, 0.1) is 12.1 Å². The van der Waals surface area contributed by atoms with E-state index in [1.54, 1.807) is 0 Å². The molecule has 0 aliphatic carbocycles. The van der Waals surface area contributed by atoms with E-state index in [9.17, 15) is 4.79 Å². The summed E-state index contributed by atoms with van der Waals surface area (Å²) < 4.78 is 0. The Kier molecular flexibility index (Phi) is 8.79. The van der Waals surface area contributed by atoms with E-state index in [0.717, 1.165) is 16.7 Å². The van der Waals surface area contributed by atoms with Gasteiger partial charge in [0.1, 0.15) is 6.04 Å². The minimum absolute atomic E-state index is 0.107. The van der Waals surface area contributed by atoms with Crippen molar-refractivity contribution in [1.29, 1.82) is 0 Å². The Morgan fingerprint density at radius 2 is 1.32 bits per heavy atom. The molecule has 3 rings (SSSR count). The summed E-state index contributed by atoms with van der Waals surface area (Å²) in [5.41, 5.74) is 9.37. The molecule has 6 heteroatoms. The fraction of sp³-hybridized carbons (Fsp3) is 0.286. The van der Waals surface area contributed by atoms with Crippen LogP contribution in [0.2, 0.25) is 0 Å². The number of carbonyl (C=O) groups excluding carboxylic acids is 1. The summed E-state index contributed by atoms with van der Waals surface area (Å²) >= 11 is 5.68. The number of thiocarbonyl (C=S) groups is 1. The smallest absolute Gasteiger partial charge is 0.243 e. The predicted molar refractivity (Wildman–Crippen MR) is 143 cm³/mol. The zero-order valence-corrected chi connectivity index (χ0v) is 20.8. The molecule has 0 fully saturated rings. The number of rotatable bonds is 8. The first kappa shape index (κ1) is 25.4. The number of nitrogens with two attached hydrogens (primary N) is 1. The van der Waals surface area contributed by atoms with Crippen molar-refractivity contribution in [2.45, 2.75) is 45.4 Å². The van der Waals surface area contributed by atoms with Gasteiger partial charge in [-0.3, -0.25) is 4.79 Å². The zero-order valence-electron chi connectivity index (χ0n) is 20.0. The molecule has 34 heavy (non-hydrogen) atoms. The summed E-state index contributed by atoms with van der Waals surface area (Å²) in [6.07, 6.45) is 0. The van der Waals surface area contributed by atoms with Gasteiger partial charge >= 0.3 is 0 Å². The van der Waals surface area contributed by atoms with E-state index in [1.165, 1.54) is 0 Å². The highest BCUT2D eigenvalue weighted by Crippen LogP contribution is 2.27. The minimum atomic E-state index is -0.527. The van der Waals surface area contributed by atoms with Crippen molar-refractivity contribution < 1.29 is 4.79 Å². The molecule has 3 aromatic rings. The van der Waals surface area contributed by atoms with Crippen LogP contribution >= 0.6 is 12.2 Å².